The monoisotopic (exact) mass is 318 g/mol. The van der Waals surface area contributed by atoms with Gasteiger partial charge in [0.1, 0.15) is 17.8 Å². The minimum Gasteiger partial charge on any atom is -0.491 e. The number of rotatable bonds is 5. The molecule has 0 saturated heterocycles. The Morgan fingerprint density at radius 1 is 1.09 bits per heavy atom. The first-order chi connectivity index (χ1) is 9.89. The van der Waals surface area contributed by atoms with Crippen molar-refractivity contribution in [1.29, 1.82) is 0 Å². The van der Waals surface area contributed by atoms with Gasteiger partial charge in [-0.3, -0.25) is 0 Å². The fourth-order valence-electron chi connectivity index (χ4n) is 1.74. The molecule has 0 aromatic rings. The van der Waals surface area contributed by atoms with Gasteiger partial charge in [0, 0.05) is 0 Å². The van der Waals surface area contributed by atoms with Gasteiger partial charge in [-0.2, -0.15) is 0 Å². The fraction of sp³-hybridized carbons (Fsp3) is 0.714. The van der Waals surface area contributed by atoms with Gasteiger partial charge < -0.3 is 34.8 Å². The second-order valence-corrected chi connectivity index (χ2v) is 5.97. The third-order valence-electron chi connectivity index (χ3n) is 3.24. The molecule has 0 aliphatic carbocycles. The summed E-state index contributed by atoms with van der Waals surface area (Å²) in [4.78, 5) is 0. The van der Waals surface area contributed by atoms with Crippen LogP contribution in [-0.2, 0) is 9.47 Å². The molecular weight excluding hydrogens is 291 g/mol. The van der Waals surface area contributed by atoms with Crippen molar-refractivity contribution < 1.29 is 34.8 Å². The fourth-order valence-corrected chi connectivity index (χ4v) is 1.74. The van der Waals surface area contributed by atoms with Crippen LogP contribution in [0.1, 0.15) is 34.6 Å². The summed E-state index contributed by atoms with van der Waals surface area (Å²) < 4.78 is 11.2. The summed E-state index contributed by atoms with van der Waals surface area (Å²) in [6.07, 6.45) is 5.83. The molecule has 22 heavy (non-hydrogen) atoms. The Bertz CT molecular complexity index is 369. The van der Waals surface area contributed by atoms with Crippen molar-refractivity contribution in [3.8, 4) is 0 Å². The van der Waals surface area contributed by atoms with Crippen LogP contribution in [0.15, 0.2) is 24.5 Å². The highest BCUT2D eigenvalue weighted by Gasteiger charge is 2.49. The van der Waals surface area contributed by atoms with Crippen LogP contribution in [0.5, 0.6) is 0 Å². The molecule has 1 aliphatic rings. The molecule has 1 heterocycles. The van der Waals surface area contributed by atoms with Crippen molar-refractivity contribution in [3.63, 3.8) is 0 Å². The lowest BCUT2D eigenvalue weighted by Gasteiger charge is -2.44. The third-order valence-corrected chi connectivity index (χ3v) is 3.24. The van der Waals surface area contributed by atoms with Crippen molar-refractivity contribution in [2.45, 2.75) is 64.1 Å². The van der Waals surface area contributed by atoms with Crippen LogP contribution in [0.3, 0.4) is 0 Å². The Labute approximate surface area is 131 Å². The van der Waals surface area contributed by atoms with Crippen molar-refractivity contribution in [3.05, 3.63) is 24.5 Å². The van der Waals surface area contributed by atoms with Gasteiger partial charge in [0.15, 0.2) is 0 Å². The first kappa shape index (κ1) is 21.1. The number of allylic oxidation sites excluding steroid dienone is 2. The van der Waals surface area contributed by atoms with Crippen LogP contribution in [0, 0.1) is 0 Å². The molecule has 128 valence electrons. The maximum absolute atomic E-state index is 10.6. The standard InChI is InChI=1S/C14H24O4.BH3O3/c1-10(2)18-12(11-8-6-7-9-17-11)14(5,16)13(3,4)15;2-1(3)4/h6-12,15-16H,1-5H3;2-4H. The lowest BCUT2D eigenvalue weighted by molar-refractivity contribution is -0.221. The first-order valence-corrected chi connectivity index (χ1v) is 7.02. The quantitative estimate of drug-likeness (QED) is 0.442. The molecule has 0 aromatic carbocycles. The smallest absolute Gasteiger partial charge is 0.491 e. The van der Waals surface area contributed by atoms with Crippen molar-refractivity contribution in [2.75, 3.05) is 0 Å². The normalized spacial score (nSPS) is 21.5. The predicted molar refractivity (Wildman–Crippen MR) is 82.5 cm³/mol. The van der Waals surface area contributed by atoms with Gasteiger partial charge in [0.25, 0.3) is 0 Å². The van der Waals surface area contributed by atoms with E-state index in [4.69, 9.17) is 24.5 Å². The van der Waals surface area contributed by atoms with Crippen LogP contribution < -0.4 is 0 Å². The summed E-state index contributed by atoms with van der Waals surface area (Å²) in [5, 5.41) is 42.2. The van der Waals surface area contributed by atoms with E-state index in [-0.39, 0.29) is 6.10 Å². The summed E-state index contributed by atoms with van der Waals surface area (Å²) in [5.41, 5.74) is -2.73. The Morgan fingerprint density at radius 2 is 1.59 bits per heavy atom. The number of aliphatic hydroxyl groups is 2. The SMILES string of the molecule is CC(C)OC(C1C=CC=CO1)C(C)(O)C(C)(C)O.OB(O)O. The molecule has 3 atom stereocenters. The van der Waals surface area contributed by atoms with E-state index in [0.717, 1.165) is 0 Å². The molecule has 5 N–H and O–H groups in total. The van der Waals surface area contributed by atoms with Crippen LogP contribution in [0.4, 0.5) is 0 Å². The molecule has 0 fully saturated rings. The van der Waals surface area contributed by atoms with E-state index in [1.807, 2.05) is 26.0 Å². The molecular formula is C14H27BO7. The van der Waals surface area contributed by atoms with Crippen LogP contribution in [0.25, 0.3) is 0 Å². The number of hydrogen-bond donors (Lipinski definition) is 5. The van der Waals surface area contributed by atoms with Crippen molar-refractivity contribution in [2.24, 2.45) is 0 Å². The molecule has 0 spiro atoms. The molecule has 0 amide bonds. The van der Waals surface area contributed by atoms with Crippen LogP contribution in [0.2, 0.25) is 0 Å². The van der Waals surface area contributed by atoms with Crippen molar-refractivity contribution >= 4 is 7.32 Å². The highest BCUT2D eigenvalue weighted by atomic mass is 16.6. The van der Waals surface area contributed by atoms with E-state index < -0.39 is 30.7 Å². The minimum absolute atomic E-state index is 0.0771. The highest BCUT2D eigenvalue weighted by Crippen LogP contribution is 2.31. The average molecular weight is 318 g/mol. The maximum Gasteiger partial charge on any atom is 0.631 e. The van der Waals surface area contributed by atoms with E-state index in [2.05, 4.69) is 0 Å². The second-order valence-electron chi connectivity index (χ2n) is 5.97. The topological polar surface area (TPSA) is 120 Å². The molecule has 1 aliphatic heterocycles. The van der Waals surface area contributed by atoms with E-state index in [1.54, 1.807) is 33.1 Å². The molecule has 8 heteroatoms. The number of hydrogen-bond acceptors (Lipinski definition) is 7. The Morgan fingerprint density at radius 3 is 1.91 bits per heavy atom. The second kappa shape index (κ2) is 8.66. The molecule has 1 rings (SSSR count). The van der Waals surface area contributed by atoms with Crippen molar-refractivity contribution in [1.82, 2.24) is 0 Å². The molecule has 0 radical (unpaired) electrons. The predicted octanol–water partition coefficient (Wildman–Crippen LogP) is -0.281. The summed E-state index contributed by atoms with van der Waals surface area (Å²) in [7, 11) is -2.17. The maximum atomic E-state index is 10.6. The van der Waals surface area contributed by atoms with Crippen LogP contribution >= 0.6 is 0 Å². The lowest BCUT2D eigenvalue weighted by atomic mass is 9.80. The van der Waals surface area contributed by atoms with E-state index in [9.17, 15) is 10.2 Å². The zero-order chi connectivity index (χ0) is 17.6. The van der Waals surface area contributed by atoms with Gasteiger partial charge in [0.05, 0.1) is 18.0 Å². The van der Waals surface area contributed by atoms with Gasteiger partial charge in [-0.25, -0.2) is 0 Å². The van der Waals surface area contributed by atoms with Gasteiger partial charge in [-0.1, -0.05) is 6.08 Å². The summed E-state index contributed by atoms with van der Waals surface area (Å²) in [6.45, 7) is 8.46. The average Bonchev–Trinajstić information content (AvgIpc) is 2.34. The Balaban J connectivity index is 0.000000980. The summed E-state index contributed by atoms with van der Waals surface area (Å²) in [5.74, 6) is 0. The van der Waals surface area contributed by atoms with Gasteiger partial charge in [0.2, 0.25) is 0 Å². The largest absolute Gasteiger partial charge is 0.631 e. The first-order valence-electron chi connectivity index (χ1n) is 7.02. The molecule has 0 aromatic heterocycles. The Kier molecular flexibility index (Phi) is 8.31. The lowest BCUT2D eigenvalue weighted by Crippen LogP contribution is -2.61. The molecule has 0 saturated carbocycles. The van der Waals surface area contributed by atoms with Gasteiger partial charge in [-0.15, -0.1) is 0 Å². The minimum atomic E-state index is -2.17. The zero-order valence-electron chi connectivity index (χ0n) is 13.7. The molecule has 7 nitrogen and oxygen atoms in total. The Hall–Kier alpha value is -0.895. The summed E-state index contributed by atoms with van der Waals surface area (Å²) in [6, 6.07) is 0. The van der Waals surface area contributed by atoms with E-state index in [1.165, 1.54) is 0 Å². The molecule has 0 bridgehead atoms. The van der Waals surface area contributed by atoms with Gasteiger partial charge >= 0.3 is 7.32 Å². The van der Waals surface area contributed by atoms with E-state index in [0.29, 0.717) is 0 Å². The molecule has 3 unspecified atom stereocenters. The van der Waals surface area contributed by atoms with E-state index >= 15 is 0 Å². The van der Waals surface area contributed by atoms with Gasteiger partial charge in [-0.05, 0) is 46.8 Å². The van der Waals surface area contributed by atoms with Crippen LogP contribution in [-0.4, -0.2) is 62.1 Å². The summed E-state index contributed by atoms with van der Waals surface area (Å²) >= 11 is 0. The highest BCUT2D eigenvalue weighted by molar-refractivity contribution is 6.30. The third kappa shape index (κ3) is 6.91. The zero-order valence-corrected chi connectivity index (χ0v) is 13.7. The number of ether oxygens (including phenoxy) is 2.